The van der Waals surface area contributed by atoms with Gasteiger partial charge in [0.05, 0.1) is 24.1 Å². The zero-order chi connectivity index (χ0) is 17.9. The molecule has 1 aliphatic rings. The van der Waals surface area contributed by atoms with E-state index in [-0.39, 0.29) is 5.97 Å². The Morgan fingerprint density at radius 3 is 2.77 bits per heavy atom. The molecule has 1 aliphatic heterocycles. The van der Waals surface area contributed by atoms with Crippen molar-refractivity contribution in [3.8, 4) is 17.1 Å². The van der Waals surface area contributed by atoms with Gasteiger partial charge in [-0.3, -0.25) is 4.99 Å². The molecule has 0 radical (unpaired) electrons. The highest BCUT2D eigenvalue weighted by atomic mass is 16.5. The molecule has 0 spiro atoms. The van der Waals surface area contributed by atoms with Gasteiger partial charge in [0.1, 0.15) is 23.9 Å². The molecule has 26 heavy (non-hydrogen) atoms. The van der Waals surface area contributed by atoms with E-state index in [9.17, 15) is 4.79 Å². The summed E-state index contributed by atoms with van der Waals surface area (Å²) in [5.74, 6) is 1.93. The van der Waals surface area contributed by atoms with Gasteiger partial charge in [-0.15, -0.1) is 0 Å². The average molecular weight is 347 g/mol. The van der Waals surface area contributed by atoms with E-state index in [1.807, 2.05) is 55.5 Å². The number of ether oxygens (including phenoxy) is 2. The highest BCUT2D eigenvalue weighted by Crippen LogP contribution is 2.28. The molecule has 5 heteroatoms. The van der Waals surface area contributed by atoms with Gasteiger partial charge in [0.25, 0.3) is 0 Å². The molecule has 0 bridgehead atoms. The standard InChI is InChI=1S/C21H17NO4/c1-2-24-17-6-4-16(5-7-17)22-12-18-8-10-20(26-18)14-3-9-19-15(11-14)13-25-21(19)23/h3-12H,2,13H2,1H3. The summed E-state index contributed by atoms with van der Waals surface area (Å²) in [6.07, 6.45) is 1.68. The van der Waals surface area contributed by atoms with Crippen LogP contribution in [0.2, 0.25) is 0 Å². The molecule has 2 heterocycles. The number of carbonyl (C=O) groups is 1. The van der Waals surface area contributed by atoms with Crippen molar-refractivity contribution in [3.05, 3.63) is 71.5 Å². The number of benzene rings is 2. The number of carbonyl (C=O) groups excluding carboxylic acids is 1. The van der Waals surface area contributed by atoms with Gasteiger partial charge in [-0.05, 0) is 55.5 Å². The van der Waals surface area contributed by atoms with E-state index in [4.69, 9.17) is 13.9 Å². The lowest BCUT2D eigenvalue weighted by Gasteiger charge is -2.01. The van der Waals surface area contributed by atoms with Crippen molar-refractivity contribution < 1.29 is 18.7 Å². The molecule has 130 valence electrons. The highest BCUT2D eigenvalue weighted by Gasteiger charge is 2.21. The van der Waals surface area contributed by atoms with Crippen LogP contribution in [0.5, 0.6) is 5.75 Å². The number of esters is 1. The van der Waals surface area contributed by atoms with Crippen LogP contribution >= 0.6 is 0 Å². The van der Waals surface area contributed by atoms with E-state index < -0.39 is 0 Å². The number of rotatable bonds is 5. The van der Waals surface area contributed by atoms with Crippen molar-refractivity contribution in [1.29, 1.82) is 0 Å². The predicted molar refractivity (Wildman–Crippen MR) is 98.1 cm³/mol. The molecule has 0 saturated heterocycles. The smallest absolute Gasteiger partial charge is 0.338 e. The average Bonchev–Trinajstić information content (AvgIpc) is 3.28. The summed E-state index contributed by atoms with van der Waals surface area (Å²) in [6, 6.07) is 16.9. The fourth-order valence-electron chi connectivity index (χ4n) is 2.80. The van der Waals surface area contributed by atoms with Crippen LogP contribution in [0.4, 0.5) is 5.69 Å². The van der Waals surface area contributed by atoms with E-state index in [1.54, 1.807) is 12.3 Å². The largest absolute Gasteiger partial charge is 0.494 e. The number of cyclic esters (lactones) is 1. The monoisotopic (exact) mass is 347 g/mol. The van der Waals surface area contributed by atoms with Gasteiger partial charge in [0.2, 0.25) is 0 Å². The first-order valence-corrected chi connectivity index (χ1v) is 8.40. The Bertz CT molecular complexity index is 970. The molecule has 4 rings (SSSR count). The zero-order valence-corrected chi connectivity index (χ0v) is 14.3. The maximum Gasteiger partial charge on any atom is 0.338 e. The first-order chi connectivity index (χ1) is 12.7. The molecule has 0 fully saturated rings. The van der Waals surface area contributed by atoms with E-state index in [0.717, 1.165) is 28.3 Å². The third-order valence-electron chi connectivity index (χ3n) is 4.08. The molecule has 3 aromatic rings. The summed E-state index contributed by atoms with van der Waals surface area (Å²) in [6.45, 7) is 2.90. The molecule has 0 atom stereocenters. The topological polar surface area (TPSA) is 61.0 Å². The molecule has 0 unspecified atom stereocenters. The molecule has 0 aliphatic carbocycles. The van der Waals surface area contributed by atoms with Crippen LogP contribution in [0.3, 0.4) is 0 Å². The van der Waals surface area contributed by atoms with Crippen LogP contribution in [0, 0.1) is 0 Å². The number of hydrogen-bond donors (Lipinski definition) is 0. The minimum Gasteiger partial charge on any atom is -0.494 e. The van der Waals surface area contributed by atoms with Gasteiger partial charge < -0.3 is 13.9 Å². The summed E-state index contributed by atoms with van der Waals surface area (Å²) >= 11 is 0. The lowest BCUT2D eigenvalue weighted by atomic mass is 10.0. The Hall–Kier alpha value is -3.34. The third kappa shape index (κ3) is 3.24. The number of aliphatic imine (C=N–C) groups is 1. The normalized spacial score (nSPS) is 13.0. The summed E-state index contributed by atoms with van der Waals surface area (Å²) in [5, 5.41) is 0. The molecule has 1 aromatic heterocycles. The van der Waals surface area contributed by atoms with E-state index in [1.165, 1.54) is 0 Å². The van der Waals surface area contributed by atoms with Crippen LogP contribution in [-0.4, -0.2) is 18.8 Å². The van der Waals surface area contributed by atoms with E-state index >= 15 is 0 Å². The minimum absolute atomic E-state index is 0.269. The van der Waals surface area contributed by atoms with Crippen molar-refractivity contribution in [2.75, 3.05) is 6.61 Å². The van der Waals surface area contributed by atoms with Gasteiger partial charge in [-0.25, -0.2) is 4.79 Å². The maximum absolute atomic E-state index is 11.5. The van der Waals surface area contributed by atoms with Crippen molar-refractivity contribution in [1.82, 2.24) is 0 Å². The first-order valence-electron chi connectivity index (χ1n) is 8.40. The lowest BCUT2D eigenvalue weighted by molar-refractivity contribution is 0.0535. The lowest BCUT2D eigenvalue weighted by Crippen LogP contribution is -1.92. The summed E-state index contributed by atoms with van der Waals surface area (Å²) in [5.41, 5.74) is 3.23. The summed E-state index contributed by atoms with van der Waals surface area (Å²) < 4.78 is 16.3. The third-order valence-corrected chi connectivity index (χ3v) is 4.08. The summed E-state index contributed by atoms with van der Waals surface area (Å²) in [4.78, 5) is 15.9. The van der Waals surface area contributed by atoms with Gasteiger partial charge in [0, 0.05) is 11.1 Å². The Morgan fingerprint density at radius 2 is 1.96 bits per heavy atom. The highest BCUT2D eigenvalue weighted by molar-refractivity contribution is 5.94. The fourth-order valence-corrected chi connectivity index (χ4v) is 2.80. The van der Waals surface area contributed by atoms with Crippen LogP contribution in [0.1, 0.15) is 28.6 Å². The van der Waals surface area contributed by atoms with Crippen molar-refractivity contribution >= 4 is 17.9 Å². The Morgan fingerprint density at radius 1 is 1.12 bits per heavy atom. The second-order valence-electron chi connectivity index (χ2n) is 5.84. The predicted octanol–water partition coefficient (Wildman–Crippen LogP) is 4.77. The number of furan rings is 1. The van der Waals surface area contributed by atoms with Crippen LogP contribution < -0.4 is 4.74 Å². The van der Waals surface area contributed by atoms with Crippen LogP contribution in [0.25, 0.3) is 11.3 Å². The van der Waals surface area contributed by atoms with Crippen LogP contribution in [0.15, 0.2) is 64.0 Å². The van der Waals surface area contributed by atoms with Gasteiger partial charge >= 0.3 is 5.97 Å². The van der Waals surface area contributed by atoms with Crippen molar-refractivity contribution in [2.24, 2.45) is 4.99 Å². The van der Waals surface area contributed by atoms with E-state index in [2.05, 4.69) is 4.99 Å². The van der Waals surface area contributed by atoms with Gasteiger partial charge in [0.15, 0.2) is 0 Å². The number of nitrogens with zero attached hydrogens (tertiary/aromatic N) is 1. The Labute approximate surface area is 150 Å². The summed E-state index contributed by atoms with van der Waals surface area (Å²) in [7, 11) is 0. The van der Waals surface area contributed by atoms with Crippen molar-refractivity contribution in [3.63, 3.8) is 0 Å². The van der Waals surface area contributed by atoms with Gasteiger partial charge in [-0.2, -0.15) is 0 Å². The SMILES string of the molecule is CCOc1ccc(N=Cc2ccc(-c3ccc4c(c3)COC4=O)o2)cc1. The van der Waals surface area contributed by atoms with E-state index in [0.29, 0.717) is 24.5 Å². The van der Waals surface area contributed by atoms with Crippen LogP contribution in [-0.2, 0) is 11.3 Å². The Balaban J connectivity index is 1.50. The maximum atomic E-state index is 11.5. The van der Waals surface area contributed by atoms with Crippen molar-refractivity contribution in [2.45, 2.75) is 13.5 Å². The fraction of sp³-hybridized carbons (Fsp3) is 0.143. The molecule has 0 N–H and O–H groups in total. The molecule has 0 amide bonds. The minimum atomic E-state index is -0.269. The quantitative estimate of drug-likeness (QED) is 0.493. The van der Waals surface area contributed by atoms with Gasteiger partial charge in [-0.1, -0.05) is 6.07 Å². The zero-order valence-electron chi connectivity index (χ0n) is 14.3. The molecular formula is C21H17NO4. The molecule has 2 aromatic carbocycles. The molecule has 5 nitrogen and oxygen atoms in total. The molecule has 0 saturated carbocycles. The Kier molecular flexibility index (Phi) is 4.27. The number of hydrogen-bond acceptors (Lipinski definition) is 5. The first kappa shape index (κ1) is 16.1. The number of fused-ring (bicyclic) bond motifs is 1. The molecular weight excluding hydrogens is 330 g/mol. The second-order valence-corrected chi connectivity index (χ2v) is 5.84. The second kappa shape index (κ2) is 6.88.